The molecule has 10 heteroatoms. The Bertz CT molecular complexity index is 1130. The lowest BCUT2D eigenvalue weighted by Crippen LogP contribution is -2.51. The van der Waals surface area contributed by atoms with Gasteiger partial charge in [-0.25, -0.2) is 8.42 Å². The van der Waals surface area contributed by atoms with Gasteiger partial charge in [-0.2, -0.15) is 0 Å². The van der Waals surface area contributed by atoms with Crippen molar-refractivity contribution in [2.75, 3.05) is 23.7 Å². The van der Waals surface area contributed by atoms with Crippen LogP contribution in [0.4, 0.5) is 5.69 Å². The standard InChI is InChI=1S/C25H33Cl2N3O4S/c1-6-7-14-28-25(32)19(4)29(15-20-21(26)12-9-13-22(20)27)23(31)16-30(35(5,33)34)24-17(2)10-8-11-18(24)3/h8-13,19H,6-7,14-16H2,1-5H3,(H,28,32)/t19-/m0/s1. The first-order valence-electron chi connectivity index (χ1n) is 11.4. The van der Waals surface area contributed by atoms with Crippen molar-refractivity contribution in [1.29, 1.82) is 0 Å². The summed E-state index contributed by atoms with van der Waals surface area (Å²) >= 11 is 12.7. The molecule has 2 amide bonds. The van der Waals surface area contributed by atoms with Gasteiger partial charge in [-0.05, 0) is 50.5 Å². The number of rotatable bonds is 11. The van der Waals surface area contributed by atoms with Crippen molar-refractivity contribution in [2.45, 2.75) is 53.1 Å². The highest BCUT2D eigenvalue weighted by Gasteiger charge is 2.31. The topological polar surface area (TPSA) is 86.8 Å². The number of aryl methyl sites for hydroxylation is 2. The Morgan fingerprint density at radius 1 is 1.03 bits per heavy atom. The predicted octanol–water partition coefficient (Wildman–Crippen LogP) is 4.71. The van der Waals surface area contributed by atoms with E-state index in [1.165, 1.54) is 4.90 Å². The summed E-state index contributed by atoms with van der Waals surface area (Å²) in [6.45, 7) is 7.15. The number of para-hydroxylation sites is 1. The molecule has 0 aliphatic rings. The second kappa shape index (κ2) is 12.6. The molecule has 2 rings (SSSR count). The Hall–Kier alpha value is -2.29. The average Bonchev–Trinajstić information content (AvgIpc) is 2.77. The molecule has 1 atom stereocenters. The Balaban J connectivity index is 2.47. The van der Waals surface area contributed by atoms with Crippen LogP contribution in [-0.4, -0.2) is 50.5 Å². The SMILES string of the molecule is CCCCNC(=O)[C@H](C)N(Cc1c(Cl)cccc1Cl)C(=O)CN(c1c(C)cccc1C)S(C)(=O)=O. The van der Waals surface area contributed by atoms with E-state index in [9.17, 15) is 18.0 Å². The number of unbranched alkanes of at least 4 members (excludes halogenated alkanes) is 1. The van der Waals surface area contributed by atoms with Crippen LogP contribution in [0.5, 0.6) is 0 Å². The van der Waals surface area contributed by atoms with Crippen LogP contribution in [0.25, 0.3) is 0 Å². The van der Waals surface area contributed by atoms with Crippen LogP contribution in [0.3, 0.4) is 0 Å². The van der Waals surface area contributed by atoms with Gasteiger partial charge in [-0.15, -0.1) is 0 Å². The second-order valence-electron chi connectivity index (χ2n) is 8.55. The molecule has 0 fully saturated rings. The predicted molar refractivity (Wildman–Crippen MR) is 142 cm³/mol. The van der Waals surface area contributed by atoms with Gasteiger partial charge in [0.1, 0.15) is 12.6 Å². The molecule has 0 saturated heterocycles. The molecular formula is C25H33Cl2N3O4S. The minimum atomic E-state index is -3.81. The van der Waals surface area contributed by atoms with Crippen LogP contribution in [0.1, 0.15) is 43.4 Å². The van der Waals surface area contributed by atoms with E-state index in [4.69, 9.17) is 23.2 Å². The molecule has 0 radical (unpaired) electrons. The Kier molecular flexibility index (Phi) is 10.4. The quantitative estimate of drug-likeness (QED) is 0.417. The van der Waals surface area contributed by atoms with Crippen molar-refractivity contribution in [1.82, 2.24) is 10.2 Å². The van der Waals surface area contributed by atoms with Crippen LogP contribution < -0.4 is 9.62 Å². The maximum atomic E-state index is 13.7. The average molecular weight is 543 g/mol. The van der Waals surface area contributed by atoms with E-state index in [1.807, 2.05) is 13.0 Å². The summed E-state index contributed by atoms with van der Waals surface area (Å²) < 4.78 is 26.6. The first-order valence-corrected chi connectivity index (χ1v) is 14.0. The van der Waals surface area contributed by atoms with Gasteiger partial charge < -0.3 is 10.2 Å². The number of hydrogen-bond donors (Lipinski definition) is 1. The highest BCUT2D eigenvalue weighted by molar-refractivity contribution is 7.92. The fraction of sp³-hybridized carbons (Fsp3) is 0.440. The van der Waals surface area contributed by atoms with Crippen molar-refractivity contribution in [3.63, 3.8) is 0 Å². The Labute approximate surface area is 218 Å². The van der Waals surface area contributed by atoms with Crippen molar-refractivity contribution in [3.05, 3.63) is 63.1 Å². The number of nitrogens with zero attached hydrogens (tertiary/aromatic N) is 2. The highest BCUT2D eigenvalue weighted by Crippen LogP contribution is 2.29. The molecule has 0 aromatic heterocycles. The van der Waals surface area contributed by atoms with Gasteiger partial charge in [0.25, 0.3) is 0 Å². The van der Waals surface area contributed by atoms with Crippen molar-refractivity contribution in [3.8, 4) is 0 Å². The Morgan fingerprint density at radius 3 is 2.09 bits per heavy atom. The number of halogens is 2. The van der Waals surface area contributed by atoms with E-state index >= 15 is 0 Å². The number of amides is 2. The van der Waals surface area contributed by atoms with Crippen LogP contribution in [0.2, 0.25) is 10.0 Å². The lowest BCUT2D eigenvalue weighted by atomic mass is 10.1. The number of anilines is 1. The summed E-state index contributed by atoms with van der Waals surface area (Å²) in [5.41, 5.74) is 2.36. The molecule has 0 saturated carbocycles. The van der Waals surface area contributed by atoms with Gasteiger partial charge in [0.05, 0.1) is 11.9 Å². The van der Waals surface area contributed by atoms with Crippen LogP contribution in [-0.2, 0) is 26.2 Å². The molecule has 2 aromatic carbocycles. The highest BCUT2D eigenvalue weighted by atomic mass is 35.5. The first kappa shape index (κ1) is 28.9. The fourth-order valence-electron chi connectivity index (χ4n) is 3.75. The summed E-state index contributed by atoms with van der Waals surface area (Å²) in [5, 5.41) is 3.54. The third-order valence-electron chi connectivity index (χ3n) is 5.76. The lowest BCUT2D eigenvalue weighted by Gasteiger charge is -2.32. The number of carbonyl (C=O) groups is 2. The number of hydrogen-bond acceptors (Lipinski definition) is 4. The van der Waals surface area contributed by atoms with Gasteiger partial charge in [-0.3, -0.25) is 13.9 Å². The molecule has 192 valence electrons. The van der Waals surface area contributed by atoms with E-state index in [0.717, 1.165) is 23.4 Å². The van der Waals surface area contributed by atoms with Crippen LogP contribution in [0.15, 0.2) is 36.4 Å². The summed E-state index contributed by atoms with van der Waals surface area (Å²) in [5.74, 6) is -0.889. The molecule has 0 aliphatic carbocycles. The van der Waals surface area contributed by atoms with Gasteiger partial charge in [0.2, 0.25) is 21.8 Å². The van der Waals surface area contributed by atoms with Crippen molar-refractivity contribution >= 4 is 50.7 Å². The van der Waals surface area contributed by atoms with E-state index in [0.29, 0.717) is 39.0 Å². The van der Waals surface area contributed by atoms with E-state index < -0.39 is 28.5 Å². The minimum absolute atomic E-state index is 0.0515. The molecule has 0 aliphatic heterocycles. The minimum Gasteiger partial charge on any atom is -0.354 e. The zero-order valence-corrected chi connectivity index (χ0v) is 23.1. The maximum Gasteiger partial charge on any atom is 0.244 e. The number of nitrogens with one attached hydrogen (secondary N) is 1. The van der Waals surface area contributed by atoms with E-state index in [2.05, 4.69) is 5.32 Å². The first-order chi connectivity index (χ1) is 16.4. The monoisotopic (exact) mass is 541 g/mol. The van der Waals surface area contributed by atoms with Gasteiger partial charge in [0, 0.05) is 28.7 Å². The van der Waals surface area contributed by atoms with Crippen LogP contribution >= 0.6 is 23.2 Å². The molecule has 0 bridgehead atoms. The van der Waals surface area contributed by atoms with Crippen molar-refractivity contribution in [2.24, 2.45) is 0 Å². The molecule has 1 N–H and O–H groups in total. The largest absolute Gasteiger partial charge is 0.354 e. The van der Waals surface area contributed by atoms with Crippen molar-refractivity contribution < 1.29 is 18.0 Å². The van der Waals surface area contributed by atoms with Gasteiger partial charge in [-0.1, -0.05) is 60.8 Å². The third-order valence-corrected chi connectivity index (χ3v) is 7.58. The molecular weight excluding hydrogens is 509 g/mol. The molecule has 0 heterocycles. The number of sulfonamides is 1. The molecule has 0 unspecified atom stereocenters. The van der Waals surface area contributed by atoms with Gasteiger partial charge >= 0.3 is 0 Å². The molecule has 2 aromatic rings. The Morgan fingerprint density at radius 2 is 1.57 bits per heavy atom. The van der Waals surface area contributed by atoms with Gasteiger partial charge in [0.15, 0.2) is 0 Å². The van der Waals surface area contributed by atoms with Crippen LogP contribution in [0, 0.1) is 13.8 Å². The number of benzene rings is 2. The normalized spacial score (nSPS) is 12.2. The van der Waals surface area contributed by atoms with E-state index in [-0.39, 0.29) is 12.5 Å². The number of carbonyl (C=O) groups excluding carboxylic acids is 2. The summed E-state index contributed by atoms with van der Waals surface area (Å²) in [6, 6.07) is 9.50. The summed E-state index contributed by atoms with van der Waals surface area (Å²) in [4.78, 5) is 27.9. The second-order valence-corrected chi connectivity index (χ2v) is 11.3. The molecule has 7 nitrogen and oxygen atoms in total. The third kappa shape index (κ3) is 7.59. The maximum absolute atomic E-state index is 13.7. The molecule has 0 spiro atoms. The van der Waals surface area contributed by atoms with E-state index in [1.54, 1.807) is 51.1 Å². The summed E-state index contributed by atoms with van der Waals surface area (Å²) in [7, 11) is -3.81. The zero-order valence-electron chi connectivity index (χ0n) is 20.8. The molecule has 35 heavy (non-hydrogen) atoms. The zero-order chi connectivity index (χ0) is 26.3. The smallest absolute Gasteiger partial charge is 0.244 e. The lowest BCUT2D eigenvalue weighted by molar-refractivity contribution is -0.139. The fourth-order valence-corrected chi connectivity index (χ4v) is 5.23. The summed E-state index contributed by atoms with van der Waals surface area (Å²) in [6.07, 6.45) is 2.77.